The highest BCUT2D eigenvalue weighted by Crippen LogP contribution is 2.26. The van der Waals surface area contributed by atoms with Crippen molar-refractivity contribution in [2.75, 3.05) is 13.2 Å². The molecule has 2 aromatic carbocycles. The zero-order valence-corrected chi connectivity index (χ0v) is 20.8. The quantitative estimate of drug-likeness (QED) is 0.515. The summed E-state index contributed by atoms with van der Waals surface area (Å²) in [5, 5.41) is 0. The number of rotatable bonds is 6. The van der Waals surface area contributed by atoms with E-state index < -0.39 is 15.9 Å². The van der Waals surface area contributed by atoms with Crippen molar-refractivity contribution in [1.29, 1.82) is 0 Å². The average Bonchev–Trinajstić information content (AvgIpc) is 3.15. The van der Waals surface area contributed by atoms with Gasteiger partial charge in [-0.2, -0.15) is 9.30 Å². The Morgan fingerprint density at radius 1 is 1.15 bits per heavy atom. The first-order valence-corrected chi connectivity index (χ1v) is 13.6. The molecule has 176 valence electrons. The molecule has 2 heterocycles. The first kappa shape index (κ1) is 23.7. The van der Waals surface area contributed by atoms with E-state index in [9.17, 15) is 13.2 Å². The summed E-state index contributed by atoms with van der Waals surface area (Å²) in [5.74, 6) is 0.385. The van der Waals surface area contributed by atoms with E-state index in [2.05, 4.69) is 4.99 Å². The van der Waals surface area contributed by atoms with Crippen LogP contribution in [0, 0.1) is 0 Å². The summed E-state index contributed by atoms with van der Waals surface area (Å²) in [6.07, 6.45) is 2.79. The molecule has 1 aliphatic heterocycles. The molecule has 9 heteroatoms. The van der Waals surface area contributed by atoms with Crippen molar-refractivity contribution >= 4 is 37.5 Å². The van der Waals surface area contributed by atoms with E-state index in [4.69, 9.17) is 4.74 Å². The van der Waals surface area contributed by atoms with Crippen LogP contribution in [0.2, 0.25) is 0 Å². The number of thiazole rings is 1. The first-order valence-electron chi connectivity index (χ1n) is 11.3. The van der Waals surface area contributed by atoms with Crippen LogP contribution in [0.25, 0.3) is 10.2 Å². The zero-order chi connectivity index (χ0) is 23.6. The van der Waals surface area contributed by atoms with Gasteiger partial charge in [0.15, 0.2) is 4.80 Å². The molecule has 0 spiro atoms. The largest absolute Gasteiger partial charge is 0.494 e. The molecule has 1 saturated heterocycles. The molecule has 4 rings (SSSR count). The number of piperidine rings is 1. The number of carbonyl (C=O) groups is 1. The molecule has 0 N–H and O–H groups in total. The van der Waals surface area contributed by atoms with E-state index in [0.717, 1.165) is 35.2 Å². The Bertz CT molecular complexity index is 1320. The predicted molar refractivity (Wildman–Crippen MR) is 130 cm³/mol. The number of aromatic nitrogens is 1. The second-order valence-electron chi connectivity index (χ2n) is 8.09. The number of nitrogens with zero attached hydrogens (tertiary/aromatic N) is 3. The van der Waals surface area contributed by atoms with Crippen molar-refractivity contribution in [2.45, 2.75) is 57.5 Å². The summed E-state index contributed by atoms with van der Waals surface area (Å²) in [6, 6.07) is 11.9. The van der Waals surface area contributed by atoms with Gasteiger partial charge in [-0.05, 0) is 76.1 Å². The van der Waals surface area contributed by atoms with E-state index in [1.165, 1.54) is 23.5 Å². The molecule has 1 aliphatic rings. The molecule has 7 nitrogen and oxygen atoms in total. The first-order chi connectivity index (χ1) is 15.8. The van der Waals surface area contributed by atoms with E-state index in [-0.39, 0.29) is 10.9 Å². The van der Waals surface area contributed by atoms with Gasteiger partial charge in [0.05, 0.1) is 21.7 Å². The lowest BCUT2D eigenvalue weighted by atomic mass is 10.1. The summed E-state index contributed by atoms with van der Waals surface area (Å²) in [6.45, 7) is 7.68. The predicted octanol–water partition coefficient (Wildman–Crippen LogP) is 4.43. The van der Waals surface area contributed by atoms with Gasteiger partial charge in [-0.3, -0.25) is 4.79 Å². The monoisotopic (exact) mass is 487 g/mol. The summed E-state index contributed by atoms with van der Waals surface area (Å²) in [4.78, 5) is 18.0. The van der Waals surface area contributed by atoms with Crippen LogP contribution in [0.3, 0.4) is 0 Å². The van der Waals surface area contributed by atoms with Gasteiger partial charge in [0.25, 0.3) is 5.91 Å². The third kappa shape index (κ3) is 4.76. The lowest BCUT2D eigenvalue weighted by molar-refractivity contribution is 0.0997. The van der Waals surface area contributed by atoms with Crippen LogP contribution in [0.4, 0.5) is 0 Å². The number of hydrogen-bond acceptors (Lipinski definition) is 5. The van der Waals surface area contributed by atoms with Crippen molar-refractivity contribution in [3.8, 4) is 5.75 Å². The molecule has 1 fully saturated rings. The zero-order valence-electron chi connectivity index (χ0n) is 19.2. The van der Waals surface area contributed by atoms with Crippen molar-refractivity contribution in [1.82, 2.24) is 8.87 Å². The van der Waals surface area contributed by atoms with E-state index >= 15 is 0 Å². The normalized spacial score (nSPS) is 18.0. The van der Waals surface area contributed by atoms with Crippen molar-refractivity contribution in [3.05, 3.63) is 52.8 Å². The minimum atomic E-state index is -3.57. The lowest BCUT2D eigenvalue weighted by Gasteiger charge is -2.32. The van der Waals surface area contributed by atoms with E-state index in [0.29, 0.717) is 30.1 Å². The molecule has 0 bridgehead atoms. The average molecular weight is 488 g/mol. The maximum Gasteiger partial charge on any atom is 0.279 e. The Balaban J connectivity index is 1.63. The van der Waals surface area contributed by atoms with Crippen LogP contribution in [0.1, 0.15) is 50.4 Å². The van der Waals surface area contributed by atoms with Crippen LogP contribution in [0.15, 0.2) is 52.4 Å². The molecule has 1 amide bonds. The number of hydrogen-bond donors (Lipinski definition) is 0. The molecular formula is C24H29N3O4S2. The van der Waals surface area contributed by atoms with Crippen molar-refractivity contribution < 1.29 is 17.9 Å². The SMILES string of the molecule is CCOc1ccc2c(c1)sc(=NC(=O)c1ccc(S(=O)(=O)N3CCCC[C@@H]3C)cc1)n2CC. The molecule has 0 saturated carbocycles. The topological polar surface area (TPSA) is 81.0 Å². The van der Waals surface area contributed by atoms with Crippen LogP contribution in [-0.2, 0) is 16.6 Å². The summed E-state index contributed by atoms with van der Waals surface area (Å²) in [5.41, 5.74) is 1.35. The Morgan fingerprint density at radius 2 is 1.91 bits per heavy atom. The van der Waals surface area contributed by atoms with Gasteiger partial charge in [0, 0.05) is 24.7 Å². The molecule has 33 heavy (non-hydrogen) atoms. The number of fused-ring (bicyclic) bond motifs is 1. The molecule has 1 atom stereocenters. The number of amides is 1. The second-order valence-corrected chi connectivity index (χ2v) is 11.0. The van der Waals surface area contributed by atoms with Crippen molar-refractivity contribution in [3.63, 3.8) is 0 Å². The van der Waals surface area contributed by atoms with Crippen molar-refractivity contribution in [2.24, 2.45) is 4.99 Å². The summed E-state index contributed by atoms with van der Waals surface area (Å²) >= 11 is 1.43. The third-order valence-electron chi connectivity index (χ3n) is 5.93. The smallest absolute Gasteiger partial charge is 0.279 e. The van der Waals surface area contributed by atoms with Gasteiger partial charge < -0.3 is 9.30 Å². The Morgan fingerprint density at radius 3 is 2.58 bits per heavy atom. The van der Waals surface area contributed by atoms with Gasteiger partial charge >= 0.3 is 0 Å². The fourth-order valence-corrected chi connectivity index (χ4v) is 7.01. The number of sulfonamides is 1. The van der Waals surface area contributed by atoms with Crippen LogP contribution in [-0.4, -0.2) is 42.4 Å². The van der Waals surface area contributed by atoms with Gasteiger partial charge in [-0.15, -0.1) is 0 Å². The standard InChI is InChI=1S/C24H29N3O4S2/c1-4-26-21-14-11-19(31-5-2)16-22(21)32-24(26)25-23(28)18-9-12-20(13-10-18)33(29,30)27-15-7-6-8-17(27)3/h9-14,16-17H,4-8,15H2,1-3H3/t17-/m0/s1. The van der Waals surface area contributed by atoms with Crippen LogP contribution >= 0.6 is 11.3 Å². The highest BCUT2D eigenvalue weighted by molar-refractivity contribution is 7.89. The second kappa shape index (κ2) is 9.79. The van der Waals surface area contributed by atoms with E-state index in [1.54, 1.807) is 16.4 Å². The van der Waals surface area contributed by atoms with Crippen LogP contribution in [0.5, 0.6) is 5.75 Å². The molecule has 0 radical (unpaired) electrons. The maximum atomic E-state index is 13.0. The fraction of sp³-hybridized carbons (Fsp3) is 0.417. The molecule has 0 unspecified atom stereocenters. The molecule has 3 aromatic rings. The van der Waals surface area contributed by atoms with Gasteiger partial charge in [-0.25, -0.2) is 8.42 Å². The number of carbonyl (C=O) groups excluding carboxylic acids is 1. The van der Waals surface area contributed by atoms with Gasteiger partial charge in [0.1, 0.15) is 5.75 Å². The number of benzene rings is 2. The fourth-order valence-electron chi connectivity index (χ4n) is 4.19. The molecule has 0 aliphatic carbocycles. The minimum Gasteiger partial charge on any atom is -0.494 e. The maximum absolute atomic E-state index is 13.0. The van der Waals surface area contributed by atoms with E-state index in [1.807, 2.05) is 43.5 Å². The summed E-state index contributed by atoms with van der Waals surface area (Å²) < 4.78 is 36.2. The minimum absolute atomic E-state index is 0.0132. The number of ether oxygens (including phenoxy) is 1. The van der Waals surface area contributed by atoms with Crippen LogP contribution < -0.4 is 9.54 Å². The third-order valence-corrected chi connectivity index (χ3v) is 9.00. The molecule has 1 aromatic heterocycles. The summed E-state index contributed by atoms with van der Waals surface area (Å²) in [7, 11) is -3.57. The molecular weight excluding hydrogens is 458 g/mol. The highest BCUT2D eigenvalue weighted by Gasteiger charge is 2.30. The Hall–Kier alpha value is -2.49. The lowest BCUT2D eigenvalue weighted by Crippen LogP contribution is -2.41. The van der Waals surface area contributed by atoms with Gasteiger partial charge in [-0.1, -0.05) is 17.8 Å². The highest BCUT2D eigenvalue weighted by atomic mass is 32.2. The Labute approximate surface area is 198 Å². The Kier molecular flexibility index (Phi) is 7.02. The van der Waals surface area contributed by atoms with Gasteiger partial charge in [0.2, 0.25) is 10.0 Å². The number of aryl methyl sites for hydroxylation is 1.